The number of ether oxygens (including phenoxy) is 2. The van der Waals surface area contributed by atoms with Crippen LogP contribution in [0.3, 0.4) is 0 Å². The van der Waals surface area contributed by atoms with Gasteiger partial charge in [0.2, 0.25) is 5.78 Å². The quantitative estimate of drug-likeness (QED) is 0.538. The van der Waals surface area contributed by atoms with Crippen LogP contribution in [0.5, 0.6) is 5.75 Å². The monoisotopic (exact) mass is 329 g/mol. The molecule has 0 radical (unpaired) electrons. The largest absolute Gasteiger partial charge is 0.550 e. The number of aliphatic carboxylic acids is 1. The van der Waals surface area contributed by atoms with Crippen LogP contribution < -0.4 is 9.84 Å². The minimum Gasteiger partial charge on any atom is -0.550 e. The molecule has 0 unspecified atom stereocenters. The van der Waals surface area contributed by atoms with Crippen molar-refractivity contribution < 1.29 is 29.0 Å². The standard InChI is InChI=1S/C18H18O6/c1-2-23-16-8-7-13(12-5-3-4-6-14(12)16)15(19)11-24-18(22)10-9-17(20)21/h3-8H,2,9-11H2,1H3,(H,20,21)/p-1. The van der Waals surface area contributed by atoms with Crippen molar-refractivity contribution >= 4 is 28.5 Å². The molecule has 0 aliphatic heterocycles. The van der Waals surface area contributed by atoms with Crippen molar-refractivity contribution in [3.05, 3.63) is 42.0 Å². The van der Waals surface area contributed by atoms with Gasteiger partial charge in [-0.3, -0.25) is 9.59 Å². The zero-order chi connectivity index (χ0) is 17.5. The SMILES string of the molecule is CCOc1ccc(C(=O)COC(=O)CCC(=O)[O-])c2ccccc12. The van der Waals surface area contributed by atoms with E-state index < -0.39 is 25.0 Å². The molecular formula is C18H17O6-. The van der Waals surface area contributed by atoms with Crippen LogP contribution in [0.15, 0.2) is 36.4 Å². The van der Waals surface area contributed by atoms with Gasteiger partial charge in [-0.05, 0) is 30.9 Å². The molecule has 0 aliphatic rings. The van der Waals surface area contributed by atoms with Crippen molar-refractivity contribution in [1.82, 2.24) is 0 Å². The second-order valence-corrected chi connectivity index (χ2v) is 5.05. The molecule has 0 fully saturated rings. The van der Waals surface area contributed by atoms with Crippen molar-refractivity contribution in [3.8, 4) is 5.75 Å². The van der Waals surface area contributed by atoms with E-state index >= 15 is 0 Å². The molecule has 0 amide bonds. The normalized spacial score (nSPS) is 10.4. The first-order chi connectivity index (χ1) is 11.5. The lowest BCUT2D eigenvalue weighted by Crippen LogP contribution is -2.23. The minimum absolute atomic E-state index is 0.320. The van der Waals surface area contributed by atoms with Gasteiger partial charge in [0, 0.05) is 16.9 Å². The lowest BCUT2D eigenvalue weighted by atomic mass is 10.0. The van der Waals surface area contributed by atoms with Crippen molar-refractivity contribution in [1.29, 1.82) is 0 Å². The summed E-state index contributed by atoms with van der Waals surface area (Å²) in [5.41, 5.74) is 0.418. The van der Waals surface area contributed by atoms with Gasteiger partial charge in [0.15, 0.2) is 6.61 Å². The van der Waals surface area contributed by atoms with Gasteiger partial charge < -0.3 is 19.4 Å². The third-order valence-corrected chi connectivity index (χ3v) is 3.38. The number of ketones is 1. The van der Waals surface area contributed by atoms with Crippen LogP contribution in [0.4, 0.5) is 0 Å². The molecule has 0 heterocycles. The van der Waals surface area contributed by atoms with E-state index in [1.54, 1.807) is 24.3 Å². The van der Waals surface area contributed by atoms with Crippen LogP contribution >= 0.6 is 0 Å². The molecule has 0 aliphatic carbocycles. The molecule has 6 nitrogen and oxygen atoms in total. The highest BCUT2D eigenvalue weighted by Gasteiger charge is 2.15. The number of fused-ring (bicyclic) bond motifs is 1. The molecular weight excluding hydrogens is 312 g/mol. The molecule has 126 valence electrons. The summed E-state index contributed by atoms with van der Waals surface area (Å²) >= 11 is 0. The number of hydrogen-bond acceptors (Lipinski definition) is 6. The van der Waals surface area contributed by atoms with E-state index in [1.165, 1.54) is 0 Å². The summed E-state index contributed by atoms with van der Waals surface area (Å²) in [6.45, 7) is 1.94. The number of rotatable bonds is 8. The van der Waals surface area contributed by atoms with Gasteiger partial charge in [-0.25, -0.2) is 0 Å². The molecule has 0 N–H and O–H groups in total. The lowest BCUT2D eigenvalue weighted by molar-refractivity contribution is -0.305. The van der Waals surface area contributed by atoms with E-state index in [9.17, 15) is 19.5 Å². The zero-order valence-corrected chi connectivity index (χ0v) is 13.2. The van der Waals surface area contributed by atoms with Crippen LogP contribution in [-0.4, -0.2) is 30.9 Å². The number of carbonyl (C=O) groups excluding carboxylic acids is 3. The van der Waals surface area contributed by atoms with Crippen LogP contribution in [0.2, 0.25) is 0 Å². The molecule has 0 atom stereocenters. The molecule has 0 aromatic heterocycles. The maximum atomic E-state index is 12.3. The minimum atomic E-state index is -1.34. The van der Waals surface area contributed by atoms with Crippen LogP contribution in [0.1, 0.15) is 30.1 Å². The Hall–Kier alpha value is -2.89. The Morgan fingerprint density at radius 3 is 2.38 bits per heavy atom. The first-order valence-corrected chi connectivity index (χ1v) is 7.56. The fraction of sp³-hybridized carbons (Fsp3) is 0.278. The maximum Gasteiger partial charge on any atom is 0.306 e. The van der Waals surface area contributed by atoms with Crippen molar-refractivity contribution in [2.75, 3.05) is 13.2 Å². The van der Waals surface area contributed by atoms with Gasteiger partial charge in [0.1, 0.15) is 5.75 Å². The van der Waals surface area contributed by atoms with E-state index in [1.807, 2.05) is 19.1 Å². The summed E-state index contributed by atoms with van der Waals surface area (Å²) in [6.07, 6.45) is -0.751. The Bertz CT molecular complexity index is 765. The van der Waals surface area contributed by atoms with Gasteiger partial charge in [0.25, 0.3) is 0 Å². The summed E-state index contributed by atoms with van der Waals surface area (Å²) in [6, 6.07) is 10.6. The van der Waals surface area contributed by atoms with Gasteiger partial charge in [-0.2, -0.15) is 0 Å². The number of carbonyl (C=O) groups is 3. The van der Waals surface area contributed by atoms with Gasteiger partial charge >= 0.3 is 5.97 Å². The third kappa shape index (κ3) is 4.32. The Morgan fingerprint density at radius 2 is 1.71 bits per heavy atom. The average Bonchev–Trinajstić information content (AvgIpc) is 2.58. The summed E-state index contributed by atoms with van der Waals surface area (Å²) in [5.74, 6) is -1.77. The highest BCUT2D eigenvalue weighted by atomic mass is 16.5. The fourth-order valence-corrected chi connectivity index (χ4v) is 2.30. The first-order valence-electron chi connectivity index (χ1n) is 7.56. The molecule has 6 heteroatoms. The van der Waals surface area contributed by atoms with E-state index in [0.29, 0.717) is 23.3 Å². The number of benzene rings is 2. The van der Waals surface area contributed by atoms with Crippen molar-refractivity contribution in [3.63, 3.8) is 0 Å². The van der Waals surface area contributed by atoms with Crippen LogP contribution in [0.25, 0.3) is 10.8 Å². The number of esters is 1. The molecule has 24 heavy (non-hydrogen) atoms. The number of carboxylic acids is 1. The summed E-state index contributed by atoms with van der Waals surface area (Å²) < 4.78 is 10.4. The molecule has 2 aromatic carbocycles. The molecule has 0 bridgehead atoms. The van der Waals surface area contributed by atoms with Crippen LogP contribution in [-0.2, 0) is 14.3 Å². The first kappa shape index (κ1) is 17.5. The molecule has 0 saturated heterocycles. The van der Waals surface area contributed by atoms with Gasteiger partial charge in [0.05, 0.1) is 13.0 Å². The predicted molar refractivity (Wildman–Crippen MR) is 84.6 cm³/mol. The lowest BCUT2D eigenvalue weighted by Gasteiger charge is -2.11. The Balaban J connectivity index is 2.14. The Labute approximate surface area is 139 Å². The third-order valence-electron chi connectivity index (χ3n) is 3.38. The van der Waals surface area contributed by atoms with E-state index in [0.717, 1.165) is 5.39 Å². The smallest absolute Gasteiger partial charge is 0.306 e. The number of Topliss-reactive ketones (excluding diaryl/α,β-unsaturated/α-hetero) is 1. The van der Waals surface area contributed by atoms with Gasteiger partial charge in [-0.15, -0.1) is 0 Å². The predicted octanol–water partition coefficient (Wildman–Crippen LogP) is 1.49. The van der Waals surface area contributed by atoms with E-state index in [-0.39, 0.29) is 12.2 Å². The molecule has 0 spiro atoms. The Kier molecular flexibility index (Phi) is 5.89. The molecule has 0 saturated carbocycles. The highest BCUT2D eigenvalue weighted by Crippen LogP contribution is 2.28. The van der Waals surface area contributed by atoms with E-state index in [2.05, 4.69) is 0 Å². The second kappa shape index (κ2) is 8.10. The Morgan fingerprint density at radius 1 is 1.00 bits per heavy atom. The second-order valence-electron chi connectivity index (χ2n) is 5.05. The summed E-state index contributed by atoms with van der Waals surface area (Å²) in [7, 11) is 0. The fourth-order valence-electron chi connectivity index (χ4n) is 2.30. The summed E-state index contributed by atoms with van der Waals surface area (Å²) in [5, 5.41) is 11.8. The number of hydrogen-bond donors (Lipinski definition) is 0. The van der Waals surface area contributed by atoms with Gasteiger partial charge in [-0.1, -0.05) is 24.3 Å². The van der Waals surface area contributed by atoms with Crippen LogP contribution in [0, 0.1) is 0 Å². The highest BCUT2D eigenvalue weighted by molar-refractivity contribution is 6.10. The molecule has 2 aromatic rings. The summed E-state index contributed by atoms with van der Waals surface area (Å²) in [4.78, 5) is 34.0. The van der Waals surface area contributed by atoms with Crippen molar-refractivity contribution in [2.24, 2.45) is 0 Å². The van der Waals surface area contributed by atoms with Crippen molar-refractivity contribution in [2.45, 2.75) is 19.8 Å². The average molecular weight is 329 g/mol. The molecule has 2 rings (SSSR count). The zero-order valence-electron chi connectivity index (χ0n) is 13.2. The number of carboxylic acid groups (broad SMARTS) is 1. The maximum absolute atomic E-state index is 12.3. The topological polar surface area (TPSA) is 92.7 Å². The van der Waals surface area contributed by atoms with E-state index in [4.69, 9.17) is 9.47 Å².